The van der Waals surface area contributed by atoms with Crippen LogP contribution in [-0.4, -0.2) is 44.3 Å². The molecule has 1 aliphatic heterocycles. The topological polar surface area (TPSA) is 75.4 Å². The van der Waals surface area contributed by atoms with Gasteiger partial charge in [-0.15, -0.1) is 0 Å². The molecule has 2 heterocycles. The average molecular weight is 327 g/mol. The van der Waals surface area contributed by atoms with E-state index in [4.69, 9.17) is 0 Å². The molecule has 1 fully saturated rings. The third kappa shape index (κ3) is 2.91. The zero-order valence-corrected chi connectivity index (χ0v) is 13.8. The highest BCUT2D eigenvalue weighted by Gasteiger charge is 2.34. The van der Waals surface area contributed by atoms with E-state index in [2.05, 4.69) is 5.10 Å². The average Bonchev–Trinajstić information content (AvgIpc) is 2.97. The number of carbonyl (C=O) groups excluding carboxylic acids is 1. The SMILES string of the molecule is Cc1c(C(=O)N2CC(C(=O)O)CCC2C)cnn1-c1ccccc1. The predicted octanol–water partition coefficient (Wildman–Crippen LogP) is 2.51. The number of para-hydroxylation sites is 1. The summed E-state index contributed by atoms with van der Waals surface area (Å²) in [6, 6.07) is 9.66. The van der Waals surface area contributed by atoms with Crippen molar-refractivity contribution in [2.75, 3.05) is 6.54 Å². The van der Waals surface area contributed by atoms with Gasteiger partial charge in [0, 0.05) is 12.6 Å². The third-order valence-corrected chi connectivity index (χ3v) is 4.73. The maximum atomic E-state index is 12.9. The largest absolute Gasteiger partial charge is 0.481 e. The first-order valence-corrected chi connectivity index (χ1v) is 8.13. The van der Waals surface area contributed by atoms with Crippen LogP contribution < -0.4 is 0 Å². The van der Waals surface area contributed by atoms with Gasteiger partial charge >= 0.3 is 5.97 Å². The van der Waals surface area contributed by atoms with Crippen molar-refractivity contribution in [3.63, 3.8) is 0 Å². The number of amides is 1. The van der Waals surface area contributed by atoms with E-state index in [-0.39, 0.29) is 18.5 Å². The number of nitrogens with zero attached hydrogens (tertiary/aromatic N) is 3. The molecular formula is C18H21N3O3. The molecule has 2 unspecified atom stereocenters. The number of carboxylic acids is 1. The van der Waals surface area contributed by atoms with E-state index in [0.717, 1.165) is 11.4 Å². The summed E-state index contributed by atoms with van der Waals surface area (Å²) in [5.74, 6) is -1.47. The Bertz CT molecular complexity index is 754. The summed E-state index contributed by atoms with van der Waals surface area (Å²) >= 11 is 0. The number of rotatable bonds is 3. The fourth-order valence-corrected chi connectivity index (χ4v) is 3.20. The Morgan fingerprint density at radius 1 is 1.21 bits per heavy atom. The summed E-state index contributed by atoms with van der Waals surface area (Å²) in [6.07, 6.45) is 2.89. The van der Waals surface area contributed by atoms with Gasteiger partial charge in [-0.25, -0.2) is 4.68 Å². The van der Waals surface area contributed by atoms with Gasteiger partial charge in [0.25, 0.3) is 5.91 Å². The highest BCUT2D eigenvalue weighted by Crippen LogP contribution is 2.25. The minimum Gasteiger partial charge on any atom is -0.481 e. The first-order chi connectivity index (χ1) is 11.5. The lowest BCUT2D eigenvalue weighted by molar-refractivity contribution is -0.143. The van der Waals surface area contributed by atoms with Gasteiger partial charge in [0.2, 0.25) is 0 Å². The zero-order valence-electron chi connectivity index (χ0n) is 13.8. The van der Waals surface area contributed by atoms with E-state index in [1.54, 1.807) is 15.8 Å². The Kier molecular flexibility index (Phi) is 4.38. The van der Waals surface area contributed by atoms with Crippen molar-refractivity contribution >= 4 is 11.9 Å². The molecule has 2 atom stereocenters. The highest BCUT2D eigenvalue weighted by molar-refractivity contribution is 5.95. The standard InChI is InChI=1S/C18H21N3O3/c1-12-8-9-14(18(23)24)11-20(12)17(22)16-10-19-21(13(16)2)15-6-4-3-5-7-15/h3-7,10,12,14H,8-9,11H2,1-2H3,(H,23,24). The summed E-state index contributed by atoms with van der Waals surface area (Å²) in [5.41, 5.74) is 2.18. The number of hydrogen-bond donors (Lipinski definition) is 1. The molecular weight excluding hydrogens is 306 g/mol. The van der Waals surface area contributed by atoms with Crippen LogP contribution in [0, 0.1) is 12.8 Å². The third-order valence-electron chi connectivity index (χ3n) is 4.73. The lowest BCUT2D eigenvalue weighted by Crippen LogP contribution is -2.47. The van der Waals surface area contributed by atoms with Crippen molar-refractivity contribution < 1.29 is 14.7 Å². The Morgan fingerprint density at radius 2 is 1.92 bits per heavy atom. The molecule has 0 bridgehead atoms. The normalized spacial score (nSPS) is 20.8. The fourth-order valence-electron chi connectivity index (χ4n) is 3.20. The summed E-state index contributed by atoms with van der Waals surface area (Å²) in [6.45, 7) is 4.08. The number of aromatic nitrogens is 2. The van der Waals surface area contributed by atoms with Crippen LogP contribution in [0.15, 0.2) is 36.5 Å². The van der Waals surface area contributed by atoms with Gasteiger partial charge in [-0.2, -0.15) is 5.10 Å². The first-order valence-electron chi connectivity index (χ1n) is 8.13. The molecule has 24 heavy (non-hydrogen) atoms. The quantitative estimate of drug-likeness (QED) is 0.940. The molecule has 0 spiro atoms. The number of hydrogen-bond acceptors (Lipinski definition) is 3. The van der Waals surface area contributed by atoms with Gasteiger partial charge in [-0.05, 0) is 38.8 Å². The molecule has 1 saturated heterocycles. The molecule has 6 nitrogen and oxygen atoms in total. The van der Waals surface area contributed by atoms with E-state index in [9.17, 15) is 14.7 Å². The molecule has 3 rings (SSSR count). The first kappa shape index (κ1) is 16.2. The Hall–Kier alpha value is -2.63. The summed E-state index contributed by atoms with van der Waals surface area (Å²) in [4.78, 5) is 25.9. The van der Waals surface area contributed by atoms with Crippen molar-refractivity contribution in [2.24, 2.45) is 5.92 Å². The van der Waals surface area contributed by atoms with E-state index in [1.807, 2.05) is 44.2 Å². The monoisotopic (exact) mass is 327 g/mol. The molecule has 0 aliphatic carbocycles. The number of piperidine rings is 1. The summed E-state index contributed by atoms with van der Waals surface area (Å²) < 4.78 is 1.73. The van der Waals surface area contributed by atoms with E-state index in [1.165, 1.54) is 0 Å². The Labute approximate surface area is 140 Å². The molecule has 126 valence electrons. The second-order valence-electron chi connectivity index (χ2n) is 6.31. The van der Waals surface area contributed by atoms with Crippen LogP contribution in [0.2, 0.25) is 0 Å². The van der Waals surface area contributed by atoms with E-state index < -0.39 is 11.9 Å². The van der Waals surface area contributed by atoms with E-state index >= 15 is 0 Å². The van der Waals surface area contributed by atoms with Crippen molar-refractivity contribution in [1.82, 2.24) is 14.7 Å². The van der Waals surface area contributed by atoms with Gasteiger partial charge < -0.3 is 10.0 Å². The Morgan fingerprint density at radius 3 is 2.58 bits per heavy atom. The second kappa shape index (κ2) is 6.47. The van der Waals surface area contributed by atoms with Gasteiger partial charge in [0.1, 0.15) is 0 Å². The lowest BCUT2D eigenvalue weighted by atomic mass is 9.93. The second-order valence-corrected chi connectivity index (χ2v) is 6.31. The molecule has 1 aromatic carbocycles. The molecule has 1 amide bonds. The zero-order chi connectivity index (χ0) is 17.3. The van der Waals surface area contributed by atoms with Crippen LogP contribution >= 0.6 is 0 Å². The van der Waals surface area contributed by atoms with E-state index in [0.29, 0.717) is 18.4 Å². The van der Waals surface area contributed by atoms with Gasteiger partial charge in [-0.1, -0.05) is 18.2 Å². The van der Waals surface area contributed by atoms with Gasteiger partial charge in [0.05, 0.1) is 29.1 Å². The summed E-state index contributed by atoms with van der Waals surface area (Å²) in [5, 5.41) is 13.6. The fraction of sp³-hybridized carbons (Fsp3) is 0.389. The van der Waals surface area contributed by atoms with Crippen LogP contribution in [-0.2, 0) is 4.79 Å². The van der Waals surface area contributed by atoms with Gasteiger partial charge in [0.15, 0.2) is 0 Å². The number of carbonyl (C=O) groups is 2. The Balaban J connectivity index is 1.87. The maximum Gasteiger partial charge on any atom is 0.308 e. The van der Waals surface area contributed by atoms with Crippen molar-refractivity contribution in [3.8, 4) is 5.69 Å². The van der Waals surface area contributed by atoms with Crippen LogP contribution in [0.25, 0.3) is 5.69 Å². The minimum absolute atomic E-state index is 0.0348. The number of benzene rings is 1. The summed E-state index contributed by atoms with van der Waals surface area (Å²) in [7, 11) is 0. The van der Waals surface area contributed by atoms with Crippen LogP contribution in [0.4, 0.5) is 0 Å². The molecule has 1 aliphatic rings. The highest BCUT2D eigenvalue weighted by atomic mass is 16.4. The molecule has 2 aromatic rings. The lowest BCUT2D eigenvalue weighted by Gasteiger charge is -2.36. The smallest absolute Gasteiger partial charge is 0.308 e. The molecule has 0 radical (unpaired) electrons. The van der Waals surface area contributed by atoms with Crippen LogP contribution in [0.5, 0.6) is 0 Å². The molecule has 1 N–H and O–H groups in total. The van der Waals surface area contributed by atoms with Crippen LogP contribution in [0.1, 0.15) is 35.8 Å². The number of likely N-dealkylation sites (tertiary alicyclic amines) is 1. The molecule has 0 saturated carbocycles. The van der Waals surface area contributed by atoms with Crippen molar-refractivity contribution in [2.45, 2.75) is 32.7 Å². The molecule has 6 heteroatoms. The number of aliphatic carboxylic acids is 1. The van der Waals surface area contributed by atoms with Gasteiger partial charge in [-0.3, -0.25) is 9.59 Å². The minimum atomic E-state index is -0.837. The van der Waals surface area contributed by atoms with Crippen LogP contribution in [0.3, 0.4) is 0 Å². The predicted molar refractivity (Wildman–Crippen MR) is 89.2 cm³/mol. The maximum absolute atomic E-state index is 12.9. The van der Waals surface area contributed by atoms with Crippen molar-refractivity contribution in [3.05, 3.63) is 47.8 Å². The number of carboxylic acid groups (broad SMARTS) is 1. The van der Waals surface area contributed by atoms with Crippen molar-refractivity contribution in [1.29, 1.82) is 0 Å². The molecule has 1 aromatic heterocycles.